The molecule has 0 aromatic carbocycles. The summed E-state index contributed by atoms with van der Waals surface area (Å²) in [7, 11) is 0. The summed E-state index contributed by atoms with van der Waals surface area (Å²) in [5.74, 6) is -0.0634. The molecule has 24 heavy (non-hydrogen) atoms. The zero-order chi connectivity index (χ0) is 17.1. The van der Waals surface area contributed by atoms with Crippen LogP contribution < -0.4 is 0 Å². The minimum atomic E-state index is -0.125. The molecule has 0 radical (unpaired) electrons. The molecule has 0 bridgehead atoms. The summed E-state index contributed by atoms with van der Waals surface area (Å²) in [6, 6.07) is 3.91. The van der Waals surface area contributed by atoms with Crippen molar-refractivity contribution in [2.24, 2.45) is 0 Å². The highest BCUT2D eigenvalue weighted by molar-refractivity contribution is 7.14. The lowest BCUT2D eigenvalue weighted by Gasteiger charge is -2.21. The molecule has 1 aliphatic heterocycles. The fraction of sp³-hybridized carbons (Fsp3) is 0.500. The average Bonchev–Trinajstić information content (AvgIpc) is 3.16. The Balaban J connectivity index is 1.65. The predicted octanol–water partition coefficient (Wildman–Crippen LogP) is 1.73. The van der Waals surface area contributed by atoms with Gasteiger partial charge in [0, 0.05) is 31.1 Å². The number of aromatic amines is 1. The van der Waals surface area contributed by atoms with Crippen LogP contribution in [0.3, 0.4) is 0 Å². The van der Waals surface area contributed by atoms with Gasteiger partial charge >= 0.3 is 0 Å². The number of aromatic nitrogens is 3. The molecule has 0 aliphatic carbocycles. The van der Waals surface area contributed by atoms with Gasteiger partial charge in [-0.25, -0.2) is 0 Å². The van der Waals surface area contributed by atoms with Crippen LogP contribution in [0.2, 0.25) is 0 Å². The maximum atomic E-state index is 12.6. The molecular formula is C16H21N5O2S. The van der Waals surface area contributed by atoms with Gasteiger partial charge in [-0.1, -0.05) is 6.92 Å². The minimum Gasteiger partial charge on any atom is -0.336 e. The number of carbonyl (C=O) groups excluding carboxylic acids is 2. The largest absolute Gasteiger partial charge is 0.336 e. The number of hydrogen-bond acceptors (Lipinski definition) is 5. The van der Waals surface area contributed by atoms with Gasteiger partial charge in [0.1, 0.15) is 0 Å². The molecule has 2 aromatic heterocycles. The van der Waals surface area contributed by atoms with E-state index in [2.05, 4.69) is 22.3 Å². The molecule has 1 N–H and O–H groups in total. The zero-order valence-corrected chi connectivity index (χ0v) is 14.7. The maximum Gasteiger partial charge on any atom is 0.276 e. The van der Waals surface area contributed by atoms with Crippen LogP contribution in [0.5, 0.6) is 0 Å². The SMILES string of the molecule is CCc1ccc(C(=O)N2CCCN(C(=O)c3n[nH]nc3C)CC2)s1. The van der Waals surface area contributed by atoms with Gasteiger partial charge < -0.3 is 9.80 Å². The first-order valence-electron chi connectivity index (χ1n) is 8.14. The van der Waals surface area contributed by atoms with Gasteiger partial charge in [-0.3, -0.25) is 9.59 Å². The molecule has 3 heterocycles. The van der Waals surface area contributed by atoms with E-state index in [9.17, 15) is 9.59 Å². The first-order valence-corrected chi connectivity index (χ1v) is 8.96. The van der Waals surface area contributed by atoms with Crippen molar-refractivity contribution < 1.29 is 9.59 Å². The van der Waals surface area contributed by atoms with Gasteiger partial charge in [0.05, 0.1) is 10.6 Å². The molecule has 0 saturated carbocycles. The lowest BCUT2D eigenvalue weighted by Crippen LogP contribution is -2.37. The number of nitrogens with zero attached hydrogens (tertiary/aromatic N) is 4. The fourth-order valence-corrected chi connectivity index (χ4v) is 3.71. The lowest BCUT2D eigenvalue weighted by atomic mass is 10.3. The third-order valence-corrected chi connectivity index (χ3v) is 5.43. The minimum absolute atomic E-state index is 0.0617. The number of rotatable bonds is 3. The highest BCUT2D eigenvalue weighted by atomic mass is 32.1. The zero-order valence-electron chi connectivity index (χ0n) is 13.9. The summed E-state index contributed by atoms with van der Waals surface area (Å²) in [5.41, 5.74) is 0.962. The van der Waals surface area contributed by atoms with E-state index in [1.807, 2.05) is 17.0 Å². The molecule has 0 atom stereocenters. The van der Waals surface area contributed by atoms with Crippen LogP contribution in [0.4, 0.5) is 0 Å². The van der Waals surface area contributed by atoms with E-state index in [1.54, 1.807) is 23.2 Å². The summed E-state index contributed by atoms with van der Waals surface area (Å²) in [5, 5.41) is 10.3. The molecule has 1 fully saturated rings. The summed E-state index contributed by atoms with van der Waals surface area (Å²) >= 11 is 1.55. The monoisotopic (exact) mass is 347 g/mol. The van der Waals surface area contributed by atoms with Crippen LogP contribution in [0.1, 0.15) is 44.1 Å². The number of H-pyrrole nitrogens is 1. The topological polar surface area (TPSA) is 82.2 Å². The van der Waals surface area contributed by atoms with Gasteiger partial charge in [0.25, 0.3) is 11.8 Å². The van der Waals surface area contributed by atoms with Gasteiger partial charge in [-0.15, -0.1) is 11.3 Å². The van der Waals surface area contributed by atoms with Crippen LogP contribution in [-0.2, 0) is 6.42 Å². The Bertz CT molecular complexity index is 738. The standard InChI is InChI=1S/C16H21N5O2S/c1-3-12-5-6-13(24-12)15(22)20-7-4-8-21(10-9-20)16(23)14-11(2)17-19-18-14/h5-6H,3-4,7-10H2,1-2H3,(H,17,18,19). The van der Waals surface area contributed by atoms with E-state index in [4.69, 9.17) is 0 Å². The molecule has 0 spiro atoms. The highest BCUT2D eigenvalue weighted by Crippen LogP contribution is 2.20. The smallest absolute Gasteiger partial charge is 0.276 e. The van der Waals surface area contributed by atoms with Crippen LogP contribution >= 0.6 is 11.3 Å². The highest BCUT2D eigenvalue weighted by Gasteiger charge is 2.26. The third kappa shape index (κ3) is 3.33. The van der Waals surface area contributed by atoms with Crippen LogP contribution in [0, 0.1) is 6.92 Å². The number of carbonyl (C=O) groups is 2. The normalized spacial score (nSPS) is 15.4. The Labute approximate surface area is 144 Å². The second-order valence-corrected chi connectivity index (χ2v) is 6.98. The Hall–Kier alpha value is -2.22. The van der Waals surface area contributed by atoms with Crippen molar-refractivity contribution in [2.75, 3.05) is 26.2 Å². The van der Waals surface area contributed by atoms with Crippen molar-refractivity contribution in [1.82, 2.24) is 25.2 Å². The Morgan fingerprint density at radius 1 is 1.12 bits per heavy atom. The summed E-state index contributed by atoms with van der Waals surface area (Å²) in [6.45, 7) is 6.19. The van der Waals surface area contributed by atoms with Crippen LogP contribution in [0.25, 0.3) is 0 Å². The summed E-state index contributed by atoms with van der Waals surface area (Å²) in [4.78, 5) is 30.8. The molecule has 0 unspecified atom stereocenters. The number of aryl methyl sites for hydroxylation is 2. The quantitative estimate of drug-likeness (QED) is 0.917. The first-order chi connectivity index (χ1) is 11.6. The summed E-state index contributed by atoms with van der Waals surface area (Å²) in [6.07, 6.45) is 1.71. The fourth-order valence-electron chi connectivity index (χ4n) is 2.80. The van der Waals surface area contributed by atoms with E-state index in [0.29, 0.717) is 37.6 Å². The third-order valence-electron chi connectivity index (χ3n) is 4.22. The lowest BCUT2D eigenvalue weighted by molar-refractivity contribution is 0.0717. The Morgan fingerprint density at radius 2 is 1.83 bits per heavy atom. The van der Waals surface area contributed by atoms with Crippen LogP contribution in [-0.4, -0.2) is 63.2 Å². The van der Waals surface area contributed by atoms with E-state index >= 15 is 0 Å². The van der Waals surface area contributed by atoms with Gasteiger partial charge in [-0.05, 0) is 31.9 Å². The Kier molecular flexibility index (Phi) is 4.94. The molecule has 8 heteroatoms. The molecule has 2 amide bonds. The Morgan fingerprint density at radius 3 is 2.42 bits per heavy atom. The molecule has 7 nitrogen and oxygen atoms in total. The second kappa shape index (κ2) is 7.12. The van der Waals surface area contributed by atoms with E-state index in [1.165, 1.54) is 4.88 Å². The van der Waals surface area contributed by atoms with E-state index in [-0.39, 0.29) is 11.8 Å². The second-order valence-electron chi connectivity index (χ2n) is 5.82. The van der Waals surface area contributed by atoms with Crippen molar-refractivity contribution in [3.63, 3.8) is 0 Å². The first kappa shape index (κ1) is 16.6. The van der Waals surface area contributed by atoms with Crippen molar-refractivity contribution >= 4 is 23.2 Å². The average molecular weight is 347 g/mol. The van der Waals surface area contributed by atoms with E-state index < -0.39 is 0 Å². The van der Waals surface area contributed by atoms with Gasteiger partial charge in [-0.2, -0.15) is 15.4 Å². The number of nitrogens with one attached hydrogen (secondary N) is 1. The van der Waals surface area contributed by atoms with Gasteiger partial charge in [0.2, 0.25) is 0 Å². The van der Waals surface area contributed by atoms with Crippen molar-refractivity contribution in [1.29, 1.82) is 0 Å². The van der Waals surface area contributed by atoms with E-state index in [0.717, 1.165) is 17.7 Å². The van der Waals surface area contributed by atoms with Crippen molar-refractivity contribution in [2.45, 2.75) is 26.7 Å². The molecule has 128 valence electrons. The van der Waals surface area contributed by atoms with Crippen LogP contribution in [0.15, 0.2) is 12.1 Å². The summed E-state index contributed by atoms with van der Waals surface area (Å²) < 4.78 is 0. The number of amides is 2. The number of thiophene rings is 1. The molecular weight excluding hydrogens is 326 g/mol. The molecule has 1 saturated heterocycles. The number of hydrogen-bond donors (Lipinski definition) is 1. The van der Waals surface area contributed by atoms with Gasteiger partial charge in [0.15, 0.2) is 5.69 Å². The maximum absolute atomic E-state index is 12.6. The van der Waals surface area contributed by atoms with Crippen molar-refractivity contribution in [3.05, 3.63) is 33.3 Å². The molecule has 3 rings (SSSR count). The molecule has 2 aromatic rings. The molecule has 1 aliphatic rings. The van der Waals surface area contributed by atoms with Crippen molar-refractivity contribution in [3.8, 4) is 0 Å². The predicted molar refractivity (Wildman–Crippen MR) is 91.2 cm³/mol.